The predicted molar refractivity (Wildman–Crippen MR) is 107 cm³/mol. The molecule has 0 amide bonds. The first-order valence-corrected chi connectivity index (χ1v) is 9.04. The maximum atomic E-state index is 12.2. The summed E-state index contributed by atoms with van der Waals surface area (Å²) in [4.78, 5) is 12.2. The Morgan fingerprint density at radius 3 is 2.33 bits per heavy atom. The van der Waals surface area contributed by atoms with E-state index in [-0.39, 0.29) is 5.69 Å². The van der Waals surface area contributed by atoms with Gasteiger partial charge in [0.1, 0.15) is 5.69 Å². The Morgan fingerprint density at radius 2 is 1.70 bits per heavy atom. The van der Waals surface area contributed by atoms with Gasteiger partial charge in [-0.3, -0.25) is 4.68 Å². The zero-order valence-electron chi connectivity index (χ0n) is 14.9. The molecule has 2 aromatic carbocycles. The van der Waals surface area contributed by atoms with Gasteiger partial charge in [0.2, 0.25) is 0 Å². The summed E-state index contributed by atoms with van der Waals surface area (Å²) in [6, 6.07) is 19.5. The maximum Gasteiger partial charge on any atom is 0.354 e. The number of allylic oxidation sites excluding steroid dienone is 4. The second-order valence-electron chi connectivity index (χ2n) is 6.53. The fraction of sp³-hybridized carbons (Fsp3) is 0.130. The van der Waals surface area contributed by atoms with Crippen LogP contribution in [-0.4, -0.2) is 20.9 Å². The molecular weight excluding hydrogens is 336 g/mol. The highest BCUT2D eigenvalue weighted by atomic mass is 16.4. The van der Waals surface area contributed by atoms with Gasteiger partial charge >= 0.3 is 5.97 Å². The van der Waals surface area contributed by atoms with Gasteiger partial charge in [-0.15, -0.1) is 0 Å². The zero-order chi connectivity index (χ0) is 18.6. The molecule has 4 rings (SSSR count). The topological polar surface area (TPSA) is 55.1 Å². The fourth-order valence-corrected chi connectivity index (χ4v) is 3.42. The molecule has 0 bridgehead atoms. The minimum Gasteiger partial charge on any atom is -0.477 e. The monoisotopic (exact) mass is 356 g/mol. The van der Waals surface area contributed by atoms with E-state index in [4.69, 9.17) is 5.10 Å². The van der Waals surface area contributed by atoms with Crippen molar-refractivity contribution in [3.05, 3.63) is 95.8 Å². The highest BCUT2D eigenvalue weighted by Crippen LogP contribution is 2.34. The van der Waals surface area contributed by atoms with Gasteiger partial charge in [0.25, 0.3) is 0 Å². The molecule has 4 heteroatoms. The van der Waals surface area contributed by atoms with E-state index >= 15 is 0 Å². The van der Waals surface area contributed by atoms with Crippen molar-refractivity contribution in [1.82, 2.24) is 9.78 Å². The number of carboxylic acid groups (broad SMARTS) is 1. The van der Waals surface area contributed by atoms with E-state index in [0.29, 0.717) is 12.1 Å². The van der Waals surface area contributed by atoms with Gasteiger partial charge in [0.15, 0.2) is 5.69 Å². The summed E-state index contributed by atoms with van der Waals surface area (Å²) in [6.07, 6.45) is 8.22. The van der Waals surface area contributed by atoms with E-state index < -0.39 is 5.97 Å². The van der Waals surface area contributed by atoms with Crippen LogP contribution in [0.15, 0.2) is 78.9 Å². The molecule has 0 radical (unpaired) electrons. The standard InChI is InChI=1S/C23H20N2O2/c26-23(27)22-20(18-12-6-2-7-13-18)21(19-14-8-3-9-15-19)24-25(22)16-17-10-4-1-5-11-17/h1-2,4-8,10-15H,3,9,16H2,(H,26,27). The summed E-state index contributed by atoms with van der Waals surface area (Å²) in [5.41, 5.74) is 4.49. The summed E-state index contributed by atoms with van der Waals surface area (Å²) >= 11 is 0. The summed E-state index contributed by atoms with van der Waals surface area (Å²) in [6.45, 7) is 0.416. The normalized spacial score (nSPS) is 13.4. The van der Waals surface area contributed by atoms with E-state index in [2.05, 4.69) is 12.2 Å². The minimum atomic E-state index is -0.969. The first-order chi connectivity index (χ1) is 13.2. The third-order valence-corrected chi connectivity index (χ3v) is 4.66. The van der Waals surface area contributed by atoms with Crippen molar-refractivity contribution in [3.63, 3.8) is 0 Å². The third kappa shape index (κ3) is 3.47. The summed E-state index contributed by atoms with van der Waals surface area (Å²) in [5, 5.41) is 14.7. The van der Waals surface area contributed by atoms with Crippen LogP contribution in [0.2, 0.25) is 0 Å². The van der Waals surface area contributed by atoms with E-state index in [1.165, 1.54) is 0 Å². The summed E-state index contributed by atoms with van der Waals surface area (Å²) < 4.78 is 1.61. The quantitative estimate of drug-likeness (QED) is 0.697. The van der Waals surface area contributed by atoms with Gasteiger partial charge in [-0.2, -0.15) is 5.10 Å². The lowest BCUT2D eigenvalue weighted by Crippen LogP contribution is -2.11. The number of rotatable bonds is 5. The molecule has 1 N–H and O–H groups in total. The van der Waals surface area contributed by atoms with Crippen LogP contribution < -0.4 is 0 Å². The van der Waals surface area contributed by atoms with Crippen molar-refractivity contribution in [2.75, 3.05) is 0 Å². The lowest BCUT2D eigenvalue weighted by Gasteiger charge is -2.08. The molecule has 0 unspecified atom stereocenters. The van der Waals surface area contributed by atoms with Gasteiger partial charge in [-0.25, -0.2) is 4.79 Å². The number of hydrogen-bond donors (Lipinski definition) is 1. The second kappa shape index (κ2) is 7.46. The molecule has 0 saturated carbocycles. The Balaban J connectivity index is 1.92. The van der Waals surface area contributed by atoms with Crippen LogP contribution in [0.25, 0.3) is 16.7 Å². The molecule has 0 fully saturated rings. The van der Waals surface area contributed by atoms with E-state index in [9.17, 15) is 9.90 Å². The predicted octanol–water partition coefficient (Wildman–Crippen LogP) is 5.03. The zero-order valence-corrected chi connectivity index (χ0v) is 14.9. The molecule has 0 aliphatic heterocycles. The van der Waals surface area contributed by atoms with Crippen LogP contribution in [0.5, 0.6) is 0 Å². The SMILES string of the molecule is O=C(O)c1c(-c2ccccc2)c(C2=CCCC=C2)nn1Cc1ccccc1. The lowest BCUT2D eigenvalue weighted by molar-refractivity contribution is 0.0685. The van der Waals surface area contributed by atoms with Crippen LogP contribution in [0.1, 0.15) is 34.6 Å². The molecule has 1 heterocycles. The largest absolute Gasteiger partial charge is 0.477 e. The van der Waals surface area contributed by atoms with Crippen molar-refractivity contribution in [2.45, 2.75) is 19.4 Å². The molecule has 134 valence electrons. The Morgan fingerprint density at radius 1 is 1.00 bits per heavy atom. The first-order valence-electron chi connectivity index (χ1n) is 9.04. The molecule has 1 aromatic heterocycles. The van der Waals surface area contributed by atoms with Crippen LogP contribution in [0.3, 0.4) is 0 Å². The average Bonchev–Trinajstić information content (AvgIpc) is 3.09. The Labute approximate surface area is 158 Å². The molecule has 1 aliphatic rings. The van der Waals surface area contributed by atoms with Crippen LogP contribution in [0.4, 0.5) is 0 Å². The number of aromatic carboxylic acids is 1. The van der Waals surface area contributed by atoms with E-state index in [1.54, 1.807) is 4.68 Å². The number of nitrogens with zero attached hydrogens (tertiary/aromatic N) is 2. The maximum absolute atomic E-state index is 12.2. The van der Waals surface area contributed by atoms with Gasteiger partial charge in [-0.1, -0.05) is 78.9 Å². The van der Waals surface area contributed by atoms with Crippen molar-refractivity contribution >= 4 is 11.5 Å². The molecule has 0 spiro atoms. The van der Waals surface area contributed by atoms with E-state index in [1.807, 2.05) is 66.7 Å². The highest BCUT2D eigenvalue weighted by Gasteiger charge is 2.26. The summed E-state index contributed by atoms with van der Waals surface area (Å²) in [5.74, 6) is -0.969. The molecule has 3 aromatic rings. The van der Waals surface area contributed by atoms with Crippen molar-refractivity contribution in [3.8, 4) is 11.1 Å². The van der Waals surface area contributed by atoms with Crippen molar-refractivity contribution in [2.24, 2.45) is 0 Å². The number of carbonyl (C=O) groups is 1. The first kappa shape index (κ1) is 17.0. The number of aromatic nitrogens is 2. The van der Waals surface area contributed by atoms with Gasteiger partial charge < -0.3 is 5.11 Å². The molecular formula is C23H20N2O2. The van der Waals surface area contributed by atoms with Gasteiger partial charge in [-0.05, 0) is 29.5 Å². The highest BCUT2D eigenvalue weighted by molar-refractivity contribution is 5.99. The molecule has 4 nitrogen and oxygen atoms in total. The average molecular weight is 356 g/mol. The number of carboxylic acids is 1. The minimum absolute atomic E-state index is 0.222. The van der Waals surface area contributed by atoms with Crippen LogP contribution in [-0.2, 0) is 6.54 Å². The second-order valence-corrected chi connectivity index (χ2v) is 6.53. The third-order valence-electron chi connectivity index (χ3n) is 4.66. The molecule has 27 heavy (non-hydrogen) atoms. The van der Waals surface area contributed by atoms with E-state index in [0.717, 1.165) is 35.2 Å². The Kier molecular flexibility index (Phi) is 4.71. The number of benzene rings is 2. The van der Waals surface area contributed by atoms with Gasteiger partial charge in [0, 0.05) is 5.56 Å². The fourth-order valence-electron chi connectivity index (χ4n) is 3.42. The molecule has 1 aliphatic carbocycles. The Hall–Kier alpha value is -3.40. The number of hydrogen-bond acceptors (Lipinski definition) is 2. The molecule has 0 atom stereocenters. The smallest absolute Gasteiger partial charge is 0.354 e. The summed E-state index contributed by atoms with van der Waals surface area (Å²) in [7, 11) is 0. The Bertz CT molecular complexity index is 1020. The van der Waals surface area contributed by atoms with Crippen molar-refractivity contribution < 1.29 is 9.90 Å². The van der Waals surface area contributed by atoms with Crippen molar-refractivity contribution in [1.29, 1.82) is 0 Å². The van der Waals surface area contributed by atoms with Crippen LogP contribution >= 0.6 is 0 Å². The molecule has 0 saturated heterocycles. The lowest BCUT2D eigenvalue weighted by atomic mass is 9.96. The van der Waals surface area contributed by atoms with Gasteiger partial charge in [0.05, 0.1) is 6.54 Å². The van der Waals surface area contributed by atoms with Crippen LogP contribution in [0, 0.1) is 0 Å².